The third-order valence-electron chi connectivity index (χ3n) is 8.15. The zero-order chi connectivity index (χ0) is 25.4. The highest BCUT2D eigenvalue weighted by Crippen LogP contribution is 2.45. The van der Waals surface area contributed by atoms with Crippen molar-refractivity contribution in [2.45, 2.75) is 70.6 Å². The number of benzene rings is 2. The number of hydrogen-bond acceptors (Lipinski definition) is 4. The van der Waals surface area contributed by atoms with Gasteiger partial charge in [0.2, 0.25) is 11.8 Å². The molecule has 3 aromatic rings. The summed E-state index contributed by atoms with van der Waals surface area (Å²) < 4.78 is 5.34. The second-order valence-corrected chi connectivity index (χ2v) is 10.6. The number of amides is 2. The Morgan fingerprint density at radius 2 is 1.97 bits per heavy atom. The normalized spacial score (nSPS) is 24.3. The number of carbonyl (C=O) groups excluding carboxylic acids is 2. The van der Waals surface area contributed by atoms with Crippen LogP contribution in [0.3, 0.4) is 0 Å². The van der Waals surface area contributed by atoms with Crippen molar-refractivity contribution < 1.29 is 14.3 Å². The predicted molar refractivity (Wildman–Crippen MR) is 141 cm³/mol. The fourth-order valence-corrected chi connectivity index (χ4v) is 6.09. The molecule has 0 unspecified atom stereocenters. The van der Waals surface area contributed by atoms with Crippen LogP contribution in [-0.4, -0.2) is 46.9 Å². The Balaban J connectivity index is 1.34. The number of aromatic amines is 1. The molecule has 190 valence electrons. The molecule has 0 spiro atoms. The molecule has 2 amide bonds. The first-order valence-corrected chi connectivity index (χ1v) is 12.8. The second kappa shape index (κ2) is 9.62. The highest BCUT2D eigenvalue weighted by molar-refractivity contribution is 5.85. The van der Waals surface area contributed by atoms with Gasteiger partial charge < -0.3 is 20.4 Å². The van der Waals surface area contributed by atoms with Gasteiger partial charge in [-0.3, -0.25) is 14.5 Å². The van der Waals surface area contributed by atoms with E-state index in [-0.39, 0.29) is 36.0 Å². The molecule has 0 bridgehead atoms. The van der Waals surface area contributed by atoms with E-state index >= 15 is 0 Å². The summed E-state index contributed by atoms with van der Waals surface area (Å²) in [5, 5.41) is 7.62. The summed E-state index contributed by atoms with van der Waals surface area (Å²) in [6, 6.07) is 14.5. The van der Waals surface area contributed by atoms with Gasteiger partial charge >= 0.3 is 0 Å². The van der Waals surface area contributed by atoms with Gasteiger partial charge in [0.1, 0.15) is 5.75 Å². The first-order valence-electron chi connectivity index (χ1n) is 12.8. The topological polar surface area (TPSA) is 86.5 Å². The first-order chi connectivity index (χ1) is 17.3. The van der Waals surface area contributed by atoms with Gasteiger partial charge in [0.15, 0.2) is 0 Å². The molecule has 2 aliphatic rings. The lowest BCUT2D eigenvalue weighted by molar-refractivity contribution is -0.123. The van der Waals surface area contributed by atoms with Gasteiger partial charge in [0.05, 0.1) is 19.2 Å². The molecule has 7 heteroatoms. The predicted octanol–water partition coefficient (Wildman–Crippen LogP) is 4.28. The van der Waals surface area contributed by atoms with Crippen molar-refractivity contribution in [1.29, 1.82) is 0 Å². The molecule has 3 N–H and O–H groups in total. The van der Waals surface area contributed by atoms with Gasteiger partial charge in [-0.1, -0.05) is 18.2 Å². The van der Waals surface area contributed by atoms with Gasteiger partial charge in [-0.15, -0.1) is 0 Å². The van der Waals surface area contributed by atoms with Crippen LogP contribution >= 0.6 is 0 Å². The van der Waals surface area contributed by atoms with E-state index in [1.807, 2.05) is 12.1 Å². The van der Waals surface area contributed by atoms with Crippen LogP contribution < -0.4 is 15.4 Å². The fourth-order valence-electron chi connectivity index (χ4n) is 6.09. The Hall–Kier alpha value is -3.32. The highest BCUT2D eigenvalue weighted by atomic mass is 16.5. The Labute approximate surface area is 212 Å². The summed E-state index contributed by atoms with van der Waals surface area (Å²) in [4.78, 5) is 31.4. The number of hydrogen-bond donors (Lipinski definition) is 3. The summed E-state index contributed by atoms with van der Waals surface area (Å²) in [6.07, 6.45) is 3.03. The van der Waals surface area contributed by atoms with Crippen LogP contribution in [0, 0.1) is 13.8 Å². The number of rotatable bonds is 6. The molecule has 2 aromatic carbocycles. The SMILES string of the molecule is COc1ccc([C@@H]2C[C@]3(C)NC(=O)CCC[C@@H]3N2CC(=O)NCc2ccc3[nH]c(C)c(C)c3c2)cc1. The van der Waals surface area contributed by atoms with Crippen molar-refractivity contribution in [3.63, 3.8) is 0 Å². The monoisotopic (exact) mass is 488 g/mol. The number of aromatic nitrogens is 1. The van der Waals surface area contributed by atoms with E-state index in [1.165, 1.54) is 16.6 Å². The van der Waals surface area contributed by atoms with Gasteiger partial charge in [-0.2, -0.15) is 0 Å². The lowest BCUT2D eigenvalue weighted by Gasteiger charge is -2.34. The molecule has 2 saturated heterocycles. The van der Waals surface area contributed by atoms with Crippen molar-refractivity contribution in [1.82, 2.24) is 20.5 Å². The van der Waals surface area contributed by atoms with Crippen molar-refractivity contribution in [2.75, 3.05) is 13.7 Å². The van der Waals surface area contributed by atoms with Crippen LogP contribution in [-0.2, 0) is 16.1 Å². The Morgan fingerprint density at radius 1 is 1.19 bits per heavy atom. The lowest BCUT2D eigenvalue weighted by atomic mass is 9.88. The second-order valence-electron chi connectivity index (χ2n) is 10.6. The van der Waals surface area contributed by atoms with Crippen LogP contribution in [0.1, 0.15) is 61.0 Å². The molecule has 7 nitrogen and oxygen atoms in total. The quantitative estimate of drug-likeness (QED) is 0.483. The van der Waals surface area contributed by atoms with Crippen molar-refractivity contribution in [3.8, 4) is 5.75 Å². The van der Waals surface area contributed by atoms with Crippen LogP contribution in [0.4, 0.5) is 0 Å². The number of H-pyrrole nitrogens is 1. The van der Waals surface area contributed by atoms with E-state index in [2.05, 4.69) is 71.6 Å². The molecule has 0 saturated carbocycles. The average Bonchev–Trinajstić information content (AvgIpc) is 3.23. The molecule has 36 heavy (non-hydrogen) atoms. The third-order valence-corrected chi connectivity index (χ3v) is 8.15. The summed E-state index contributed by atoms with van der Waals surface area (Å²) >= 11 is 0. The lowest BCUT2D eigenvalue weighted by Crippen LogP contribution is -2.54. The molecule has 2 aliphatic heterocycles. The number of nitrogens with zero attached hydrogens (tertiary/aromatic N) is 1. The highest BCUT2D eigenvalue weighted by Gasteiger charge is 2.51. The molecule has 0 radical (unpaired) electrons. The van der Waals surface area contributed by atoms with Crippen LogP contribution in [0.2, 0.25) is 0 Å². The molecular weight excluding hydrogens is 452 g/mol. The molecular formula is C29H36N4O3. The van der Waals surface area contributed by atoms with Gasteiger partial charge in [0, 0.05) is 41.6 Å². The van der Waals surface area contributed by atoms with Crippen LogP contribution in [0.25, 0.3) is 10.9 Å². The standard InChI is InChI=1S/C29H36N4O3/c1-18-19(2)31-24-13-8-20(14-23(18)24)16-30-28(35)17-33-25(21-9-11-22(36-4)12-10-21)15-29(3)26(33)6-5-7-27(34)32-29/h8-14,25-26,31H,5-7,15-17H2,1-4H3,(H,30,35)(H,32,34)/t25-,26-,29-/m0/s1. The maximum Gasteiger partial charge on any atom is 0.234 e. The van der Waals surface area contributed by atoms with Crippen molar-refractivity contribution >= 4 is 22.7 Å². The van der Waals surface area contributed by atoms with Crippen LogP contribution in [0.5, 0.6) is 5.75 Å². The number of nitrogens with one attached hydrogen (secondary N) is 3. The number of methoxy groups -OCH3 is 1. The van der Waals surface area contributed by atoms with Crippen molar-refractivity contribution in [3.05, 3.63) is 64.8 Å². The average molecular weight is 489 g/mol. The number of aryl methyl sites for hydroxylation is 2. The fraction of sp³-hybridized carbons (Fsp3) is 0.448. The molecule has 3 heterocycles. The van der Waals surface area contributed by atoms with E-state index in [9.17, 15) is 9.59 Å². The van der Waals surface area contributed by atoms with E-state index in [0.717, 1.165) is 41.7 Å². The largest absolute Gasteiger partial charge is 0.497 e. The number of ether oxygens (including phenoxy) is 1. The number of carbonyl (C=O) groups is 2. The molecule has 1 aromatic heterocycles. The van der Waals surface area contributed by atoms with E-state index in [0.29, 0.717) is 13.0 Å². The summed E-state index contributed by atoms with van der Waals surface area (Å²) in [5.74, 6) is 0.903. The van der Waals surface area contributed by atoms with E-state index in [4.69, 9.17) is 4.74 Å². The molecule has 2 fully saturated rings. The smallest absolute Gasteiger partial charge is 0.234 e. The summed E-state index contributed by atoms with van der Waals surface area (Å²) in [7, 11) is 1.66. The molecule has 0 aliphatic carbocycles. The Bertz CT molecular complexity index is 1280. The Morgan fingerprint density at radius 3 is 2.72 bits per heavy atom. The van der Waals surface area contributed by atoms with Crippen molar-refractivity contribution in [2.24, 2.45) is 0 Å². The van der Waals surface area contributed by atoms with Gasteiger partial charge in [-0.25, -0.2) is 0 Å². The summed E-state index contributed by atoms with van der Waals surface area (Å²) in [6.45, 7) is 7.10. The summed E-state index contributed by atoms with van der Waals surface area (Å²) in [5.41, 5.74) is 5.38. The number of fused-ring (bicyclic) bond motifs is 2. The minimum Gasteiger partial charge on any atom is -0.497 e. The zero-order valence-corrected chi connectivity index (χ0v) is 21.6. The maximum atomic E-state index is 13.2. The van der Waals surface area contributed by atoms with Gasteiger partial charge in [0.25, 0.3) is 0 Å². The molecule has 3 atom stereocenters. The maximum absolute atomic E-state index is 13.2. The molecule has 5 rings (SSSR count). The first kappa shape index (κ1) is 24.4. The Kier molecular flexibility index (Phi) is 6.51. The van der Waals surface area contributed by atoms with Crippen LogP contribution in [0.15, 0.2) is 42.5 Å². The van der Waals surface area contributed by atoms with E-state index < -0.39 is 0 Å². The minimum atomic E-state index is -0.368. The number of likely N-dealkylation sites (tertiary alicyclic amines) is 1. The van der Waals surface area contributed by atoms with E-state index in [1.54, 1.807) is 7.11 Å². The zero-order valence-electron chi connectivity index (χ0n) is 21.6. The van der Waals surface area contributed by atoms with Gasteiger partial charge in [-0.05, 0) is 81.0 Å². The minimum absolute atomic E-state index is 0.00426. The third kappa shape index (κ3) is 4.60.